The van der Waals surface area contributed by atoms with Gasteiger partial charge in [0.25, 0.3) is 0 Å². The monoisotopic (exact) mass is 232 g/mol. The zero-order valence-electron chi connectivity index (χ0n) is 10.6. The number of aromatic nitrogens is 3. The van der Waals surface area contributed by atoms with Crippen molar-refractivity contribution < 1.29 is 4.79 Å². The highest BCUT2D eigenvalue weighted by Gasteiger charge is 2.13. The quantitative estimate of drug-likeness (QED) is 0.775. The van der Waals surface area contributed by atoms with Crippen LogP contribution in [0.3, 0.4) is 0 Å². The predicted octanol–water partition coefficient (Wildman–Crippen LogP) is 0.977. The maximum Gasteiger partial charge on any atom is 0.228 e. The molecule has 0 spiro atoms. The van der Waals surface area contributed by atoms with Gasteiger partial charge in [-0.25, -0.2) is 4.98 Å². The summed E-state index contributed by atoms with van der Waals surface area (Å²) in [6, 6.07) is 0. The van der Waals surface area contributed by atoms with Crippen LogP contribution in [0.1, 0.15) is 17.1 Å². The fraction of sp³-hybridized carbons (Fsp3) is 0.417. The minimum absolute atomic E-state index is 0.0330. The zero-order valence-corrected chi connectivity index (χ0v) is 10.6. The zero-order chi connectivity index (χ0) is 12.6. The van der Waals surface area contributed by atoms with E-state index in [0.29, 0.717) is 0 Å². The third kappa shape index (κ3) is 2.27. The molecule has 2 rings (SSSR count). The van der Waals surface area contributed by atoms with Crippen LogP contribution >= 0.6 is 0 Å². The molecule has 5 nitrogen and oxygen atoms in total. The largest absolute Gasteiger partial charge is 0.348 e. The van der Waals surface area contributed by atoms with Gasteiger partial charge in [-0.15, -0.1) is 0 Å². The SMILES string of the molecule is Cc1cn2cc(C)nc2c(CC(=O)N(C)C)n1. The fourth-order valence-corrected chi connectivity index (χ4v) is 1.74. The van der Waals surface area contributed by atoms with Crippen molar-refractivity contribution in [2.24, 2.45) is 0 Å². The minimum atomic E-state index is 0.0330. The molecule has 0 aliphatic rings. The maximum absolute atomic E-state index is 11.7. The Morgan fingerprint density at radius 3 is 2.41 bits per heavy atom. The summed E-state index contributed by atoms with van der Waals surface area (Å²) in [5.74, 6) is 0.0330. The lowest BCUT2D eigenvalue weighted by atomic mass is 10.2. The van der Waals surface area contributed by atoms with Gasteiger partial charge in [-0.1, -0.05) is 0 Å². The molecule has 0 atom stereocenters. The van der Waals surface area contributed by atoms with Crippen LogP contribution in [-0.4, -0.2) is 39.3 Å². The van der Waals surface area contributed by atoms with Crippen LogP contribution < -0.4 is 0 Å². The van der Waals surface area contributed by atoms with Crippen molar-refractivity contribution in [3.8, 4) is 0 Å². The number of amides is 1. The Kier molecular flexibility index (Phi) is 2.83. The Morgan fingerprint density at radius 1 is 1.24 bits per heavy atom. The first-order valence-electron chi connectivity index (χ1n) is 5.49. The van der Waals surface area contributed by atoms with Crippen molar-refractivity contribution in [3.05, 3.63) is 29.5 Å². The highest BCUT2D eigenvalue weighted by atomic mass is 16.2. The summed E-state index contributed by atoms with van der Waals surface area (Å²) in [5.41, 5.74) is 3.31. The van der Waals surface area contributed by atoms with E-state index in [0.717, 1.165) is 22.7 Å². The summed E-state index contributed by atoms with van der Waals surface area (Å²) in [7, 11) is 3.48. The van der Waals surface area contributed by atoms with Crippen molar-refractivity contribution in [1.82, 2.24) is 19.3 Å². The second-order valence-electron chi connectivity index (χ2n) is 4.41. The van der Waals surface area contributed by atoms with Gasteiger partial charge in [0.05, 0.1) is 23.5 Å². The highest BCUT2D eigenvalue weighted by Crippen LogP contribution is 2.11. The van der Waals surface area contributed by atoms with Crippen molar-refractivity contribution in [1.29, 1.82) is 0 Å². The van der Waals surface area contributed by atoms with Crippen LogP contribution in [0, 0.1) is 13.8 Å². The van der Waals surface area contributed by atoms with Crippen LogP contribution in [-0.2, 0) is 11.2 Å². The van der Waals surface area contributed by atoms with Gasteiger partial charge in [-0.3, -0.25) is 9.78 Å². The molecule has 0 aliphatic carbocycles. The van der Waals surface area contributed by atoms with Gasteiger partial charge in [0.1, 0.15) is 0 Å². The number of fused-ring (bicyclic) bond motifs is 1. The van der Waals surface area contributed by atoms with Gasteiger partial charge >= 0.3 is 0 Å². The molecule has 0 unspecified atom stereocenters. The molecular formula is C12H16N4O. The molecule has 0 bridgehead atoms. The van der Waals surface area contributed by atoms with E-state index < -0.39 is 0 Å². The Hall–Kier alpha value is -1.91. The average Bonchev–Trinajstić information content (AvgIpc) is 2.58. The van der Waals surface area contributed by atoms with Gasteiger partial charge in [0, 0.05) is 26.5 Å². The van der Waals surface area contributed by atoms with Gasteiger partial charge < -0.3 is 9.30 Å². The maximum atomic E-state index is 11.7. The van der Waals surface area contributed by atoms with Gasteiger partial charge in [0.15, 0.2) is 5.65 Å². The summed E-state index contributed by atoms with van der Waals surface area (Å²) >= 11 is 0. The molecule has 0 saturated carbocycles. The van der Waals surface area contributed by atoms with E-state index in [9.17, 15) is 4.79 Å². The van der Waals surface area contributed by atoms with E-state index in [1.807, 2.05) is 30.6 Å². The minimum Gasteiger partial charge on any atom is -0.348 e. The van der Waals surface area contributed by atoms with E-state index in [2.05, 4.69) is 9.97 Å². The topological polar surface area (TPSA) is 50.5 Å². The van der Waals surface area contributed by atoms with Gasteiger partial charge in [-0.2, -0.15) is 0 Å². The van der Waals surface area contributed by atoms with Crippen LogP contribution in [0.4, 0.5) is 0 Å². The molecule has 0 saturated heterocycles. The lowest BCUT2D eigenvalue weighted by molar-refractivity contribution is -0.128. The molecule has 17 heavy (non-hydrogen) atoms. The van der Waals surface area contributed by atoms with Crippen molar-refractivity contribution in [2.45, 2.75) is 20.3 Å². The molecule has 5 heteroatoms. The van der Waals surface area contributed by atoms with E-state index in [1.165, 1.54) is 0 Å². The number of imidazole rings is 1. The van der Waals surface area contributed by atoms with Crippen LogP contribution in [0.2, 0.25) is 0 Å². The molecular weight excluding hydrogens is 216 g/mol. The molecule has 0 fully saturated rings. The number of likely N-dealkylation sites (N-methyl/N-ethyl adjacent to an activating group) is 1. The normalized spacial score (nSPS) is 10.8. The first-order valence-corrected chi connectivity index (χ1v) is 5.49. The van der Waals surface area contributed by atoms with Crippen molar-refractivity contribution in [2.75, 3.05) is 14.1 Å². The molecule has 90 valence electrons. The lowest BCUT2D eigenvalue weighted by Gasteiger charge is -2.10. The second kappa shape index (κ2) is 4.16. The van der Waals surface area contributed by atoms with E-state index >= 15 is 0 Å². The van der Waals surface area contributed by atoms with Crippen molar-refractivity contribution >= 4 is 11.6 Å². The number of hydrogen-bond donors (Lipinski definition) is 0. The molecule has 1 amide bonds. The third-order valence-electron chi connectivity index (χ3n) is 2.57. The van der Waals surface area contributed by atoms with Crippen molar-refractivity contribution in [3.63, 3.8) is 0 Å². The standard InChI is InChI=1S/C12H16N4O/c1-8-6-16-7-9(2)14-12(16)10(13-8)5-11(17)15(3)4/h6-7H,5H2,1-4H3. The average molecular weight is 232 g/mol. The Balaban J connectivity index is 2.48. The molecule has 0 N–H and O–H groups in total. The molecule has 0 aromatic carbocycles. The molecule has 2 aromatic rings. The summed E-state index contributed by atoms with van der Waals surface area (Å²) in [6.07, 6.45) is 4.14. The number of hydrogen-bond acceptors (Lipinski definition) is 3. The molecule has 2 aromatic heterocycles. The van der Waals surface area contributed by atoms with E-state index in [1.54, 1.807) is 19.0 Å². The summed E-state index contributed by atoms with van der Waals surface area (Å²) < 4.78 is 1.93. The number of nitrogens with zero attached hydrogens (tertiary/aromatic N) is 4. The van der Waals surface area contributed by atoms with Crippen LogP contribution in [0.5, 0.6) is 0 Å². The van der Waals surface area contributed by atoms with E-state index in [4.69, 9.17) is 0 Å². The lowest BCUT2D eigenvalue weighted by Crippen LogP contribution is -2.24. The first kappa shape index (κ1) is 11.6. The van der Waals surface area contributed by atoms with Gasteiger partial charge in [0.2, 0.25) is 5.91 Å². The molecule has 0 radical (unpaired) electrons. The Morgan fingerprint density at radius 2 is 1.82 bits per heavy atom. The number of rotatable bonds is 2. The number of carbonyl (C=O) groups is 1. The molecule has 2 heterocycles. The summed E-state index contributed by atoms with van der Waals surface area (Å²) in [5, 5.41) is 0. The Labute approximate surface area is 100 Å². The summed E-state index contributed by atoms with van der Waals surface area (Å²) in [4.78, 5) is 22.1. The first-order chi connectivity index (χ1) is 7.97. The van der Waals surface area contributed by atoms with Crippen LogP contribution in [0.25, 0.3) is 5.65 Å². The third-order valence-corrected chi connectivity index (χ3v) is 2.57. The number of aryl methyl sites for hydroxylation is 2. The second-order valence-corrected chi connectivity index (χ2v) is 4.41. The fourth-order valence-electron chi connectivity index (χ4n) is 1.74. The molecule has 0 aliphatic heterocycles. The Bertz CT molecular complexity index is 571. The van der Waals surface area contributed by atoms with E-state index in [-0.39, 0.29) is 12.3 Å². The van der Waals surface area contributed by atoms with Gasteiger partial charge in [-0.05, 0) is 13.8 Å². The van der Waals surface area contributed by atoms with Crippen LogP contribution in [0.15, 0.2) is 12.4 Å². The highest BCUT2D eigenvalue weighted by molar-refractivity contribution is 5.79. The smallest absolute Gasteiger partial charge is 0.228 e. The number of carbonyl (C=O) groups excluding carboxylic acids is 1. The summed E-state index contributed by atoms with van der Waals surface area (Å²) in [6.45, 7) is 3.85. The predicted molar refractivity (Wildman–Crippen MR) is 64.9 cm³/mol.